The second-order valence-corrected chi connectivity index (χ2v) is 4.56. The molecule has 1 aromatic carbocycles. The first-order chi connectivity index (χ1) is 5.70. The molecule has 0 saturated carbocycles. The van der Waals surface area contributed by atoms with Gasteiger partial charge < -0.3 is 4.72 Å². The van der Waals surface area contributed by atoms with Gasteiger partial charge in [0, 0.05) is 10.9 Å². The molecule has 0 aromatic heterocycles. The van der Waals surface area contributed by atoms with Crippen LogP contribution in [0.15, 0.2) is 30.3 Å². The smallest absolute Gasteiger partial charge is 0.119 e. The highest BCUT2D eigenvalue weighted by Crippen LogP contribution is 2.07. The second-order valence-electron chi connectivity index (χ2n) is 2.81. The van der Waals surface area contributed by atoms with E-state index in [1.165, 1.54) is 0 Å². The first kappa shape index (κ1) is 9.26. The van der Waals surface area contributed by atoms with Gasteiger partial charge in [-0.15, -0.1) is 0 Å². The standard InChI is InChI=1S/C9H13NOS/c1-8(2)12(11)10-9-6-4-3-5-7-9/h3-8,10H,1-2H3/t12-/m1/s1. The minimum Gasteiger partial charge on any atom is -0.305 e. The van der Waals surface area contributed by atoms with Crippen molar-refractivity contribution in [3.8, 4) is 0 Å². The quantitative estimate of drug-likeness (QED) is 0.764. The number of anilines is 1. The number of hydrogen-bond acceptors (Lipinski definition) is 1. The van der Waals surface area contributed by atoms with E-state index in [2.05, 4.69) is 4.72 Å². The van der Waals surface area contributed by atoms with Gasteiger partial charge in [0.2, 0.25) is 0 Å². The summed E-state index contributed by atoms with van der Waals surface area (Å²) in [5, 5.41) is 0.144. The number of benzene rings is 1. The first-order valence-electron chi connectivity index (χ1n) is 3.92. The lowest BCUT2D eigenvalue weighted by molar-refractivity contribution is 0.680. The SMILES string of the molecule is CC(C)[S@@](=O)Nc1ccccc1. The molecular formula is C9H13NOS. The zero-order chi connectivity index (χ0) is 8.97. The molecule has 0 heterocycles. The summed E-state index contributed by atoms with van der Waals surface area (Å²) in [4.78, 5) is 0. The fraction of sp³-hybridized carbons (Fsp3) is 0.333. The lowest BCUT2D eigenvalue weighted by Gasteiger charge is -2.07. The van der Waals surface area contributed by atoms with Crippen molar-refractivity contribution in [1.29, 1.82) is 0 Å². The van der Waals surface area contributed by atoms with E-state index < -0.39 is 11.0 Å². The highest BCUT2D eigenvalue weighted by atomic mass is 32.2. The number of hydrogen-bond donors (Lipinski definition) is 1. The van der Waals surface area contributed by atoms with Gasteiger partial charge in [0.15, 0.2) is 0 Å². The van der Waals surface area contributed by atoms with E-state index in [1.54, 1.807) is 0 Å². The van der Waals surface area contributed by atoms with E-state index in [0.717, 1.165) is 5.69 Å². The highest BCUT2D eigenvalue weighted by molar-refractivity contribution is 7.86. The lowest BCUT2D eigenvalue weighted by atomic mass is 10.3. The summed E-state index contributed by atoms with van der Waals surface area (Å²) in [5.74, 6) is 0. The maximum atomic E-state index is 11.3. The number of nitrogens with one attached hydrogen (secondary N) is 1. The van der Waals surface area contributed by atoms with Gasteiger partial charge in [0.1, 0.15) is 11.0 Å². The molecule has 1 rings (SSSR count). The molecule has 1 atom stereocenters. The molecule has 0 saturated heterocycles. The summed E-state index contributed by atoms with van der Waals surface area (Å²) in [6.07, 6.45) is 0. The predicted molar refractivity (Wildman–Crippen MR) is 53.3 cm³/mol. The van der Waals surface area contributed by atoms with Gasteiger partial charge in [-0.25, -0.2) is 4.21 Å². The molecule has 0 aliphatic rings. The largest absolute Gasteiger partial charge is 0.305 e. The average Bonchev–Trinajstić information content (AvgIpc) is 2.06. The zero-order valence-electron chi connectivity index (χ0n) is 7.28. The molecule has 0 bridgehead atoms. The van der Waals surface area contributed by atoms with Gasteiger partial charge in [0.25, 0.3) is 0 Å². The Labute approximate surface area is 75.6 Å². The summed E-state index contributed by atoms with van der Waals surface area (Å²) in [6, 6.07) is 9.57. The molecule has 66 valence electrons. The summed E-state index contributed by atoms with van der Waals surface area (Å²) < 4.78 is 14.2. The Balaban J connectivity index is 2.59. The third-order valence-corrected chi connectivity index (χ3v) is 2.71. The van der Waals surface area contributed by atoms with Crippen molar-refractivity contribution in [2.75, 3.05) is 4.72 Å². The Morgan fingerprint density at radius 1 is 1.25 bits per heavy atom. The van der Waals surface area contributed by atoms with Crippen molar-refractivity contribution in [2.24, 2.45) is 0 Å². The van der Waals surface area contributed by atoms with Crippen LogP contribution in [0.4, 0.5) is 5.69 Å². The van der Waals surface area contributed by atoms with E-state index >= 15 is 0 Å². The third-order valence-electron chi connectivity index (χ3n) is 1.42. The molecule has 1 aromatic rings. The fourth-order valence-electron chi connectivity index (χ4n) is 0.740. The summed E-state index contributed by atoms with van der Waals surface area (Å²) in [5.41, 5.74) is 0.907. The predicted octanol–water partition coefficient (Wildman–Crippen LogP) is 2.17. The van der Waals surface area contributed by atoms with Gasteiger partial charge in [0.05, 0.1) is 0 Å². The fourth-order valence-corrected chi connectivity index (χ4v) is 1.34. The molecule has 0 unspecified atom stereocenters. The maximum Gasteiger partial charge on any atom is 0.119 e. The van der Waals surface area contributed by atoms with Crippen LogP contribution in [-0.4, -0.2) is 9.46 Å². The van der Waals surface area contributed by atoms with Gasteiger partial charge in [-0.2, -0.15) is 0 Å². The van der Waals surface area contributed by atoms with Crippen LogP contribution in [0.5, 0.6) is 0 Å². The van der Waals surface area contributed by atoms with E-state index in [-0.39, 0.29) is 5.25 Å². The van der Waals surface area contributed by atoms with Gasteiger partial charge in [-0.05, 0) is 26.0 Å². The van der Waals surface area contributed by atoms with Crippen molar-refractivity contribution in [1.82, 2.24) is 0 Å². The molecule has 1 N–H and O–H groups in total. The molecule has 12 heavy (non-hydrogen) atoms. The van der Waals surface area contributed by atoms with Crippen LogP contribution < -0.4 is 4.72 Å². The van der Waals surface area contributed by atoms with E-state index in [9.17, 15) is 4.21 Å². The summed E-state index contributed by atoms with van der Waals surface area (Å²) >= 11 is 0. The van der Waals surface area contributed by atoms with Gasteiger partial charge in [-0.3, -0.25) is 0 Å². The van der Waals surface area contributed by atoms with Crippen molar-refractivity contribution in [2.45, 2.75) is 19.1 Å². The molecule has 0 aliphatic carbocycles. The minimum absolute atomic E-state index is 0.144. The van der Waals surface area contributed by atoms with Crippen LogP contribution in [0.1, 0.15) is 13.8 Å². The van der Waals surface area contributed by atoms with Crippen molar-refractivity contribution in [3.05, 3.63) is 30.3 Å². The molecular weight excluding hydrogens is 170 g/mol. The molecule has 0 aliphatic heterocycles. The van der Waals surface area contributed by atoms with Crippen molar-refractivity contribution < 1.29 is 4.21 Å². The monoisotopic (exact) mass is 183 g/mol. The van der Waals surface area contributed by atoms with Crippen LogP contribution in [0.2, 0.25) is 0 Å². The van der Waals surface area contributed by atoms with Crippen LogP contribution in [0, 0.1) is 0 Å². The Hall–Kier alpha value is -0.830. The van der Waals surface area contributed by atoms with E-state index in [4.69, 9.17) is 0 Å². The maximum absolute atomic E-state index is 11.3. The molecule has 0 spiro atoms. The summed E-state index contributed by atoms with van der Waals surface area (Å²) in [6.45, 7) is 3.85. The molecule has 0 radical (unpaired) electrons. The summed E-state index contributed by atoms with van der Waals surface area (Å²) in [7, 11) is -0.973. The van der Waals surface area contributed by atoms with E-state index in [0.29, 0.717) is 0 Å². The zero-order valence-corrected chi connectivity index (χ0v) is 8.10. The van der Waals surface area contributed by atoms with Crippen LogP contribution >= 0.6 is 0 Å². The molecule has 3 heteroatoms. The lowest BCUT2D eigenvalue weighted by Crippen LogP contribution is -2.14. The van der Waals surface area contributed by atoms with Crippen molar-refractivity contribution in [3.63, 3.8) is 0 Å². The van der Waals surface area contributed by atoms with Crippen LogP contribution in [0.3, 0.4) is 0 Å². The van der Waals surface area contributed by atoms with Gasteiger partial charge >= 0.3 is 0 Å². The number of para-hydroxylation sites is 1. The first-order valence-corrected chi connectivity index (χ1v) is 5.13. The topological polar surface area (TPSA) is 29.1 Å². The van der Waals surface area contributed by atoms with Crippen LogP contribution in [0.25, 0.3) is 0 Å². The third kappa shape index (κ3) is 2.66. The molecule has 0 fully saturated rings. The Morgan fingerprint density at radius 2 is 1.83 bits per heavy atom. The second kappa shape index (κ2) is 4.26. The van der Waals surface area contributed by atoms with Gasteiger partial charge in [-0.1, -0.05) is 18.2 Å². The molecule has 0 amide bonds. The number of rotatable bonds is 3. The minimum atomic E-state index is -0.973. The Bertz CT molecular complexity index is 258. The highest BCUT2D eigenvalue weighted by Gasteiger charge is 2.03. The van der Waals surface area contributed by atoms with Crippen molar-refractivity contribution >= 4 is 16.7 Å². The van der Waals surface area contributed by atoms with E-state index in [1.807, 2.05) is 44.2 Å². The average molecular weight is 183 g/mol. The normalized spacial score (nSPS) is 12.9. The van der Waals surface area contributed by atoms with Crippen LogP contribution in [-0.2, 0) is 11.0 Å². The molecule has 2 nitrogen and oxygen atoms in total. The Kier molecular flexibility index (Phi) is 3.29. The Morgan fingerprint density at radius 3 is 2.33 bits per heavy atom.